The molecule has 0 saturated heterocycles. The molecule has 1 aromatic rings. The molecular weight excluding hydrogens is 307 g/mol. The first-order valence-corrected chi connectivity index (χ1v) is 10.2. The van der Waals surface area contributed by atoms with Gasteiger partial charge in [0, 0.05) is 5.92 Å². The molecule has 1 aromatic carbocycles. The van der Waals surface area contributed by atoms with Gasteiger partial charge in [0.1, 0.15) is 5.82 Å². The van der Waals surface area contributed by atoms with Crippen LogP contribution in [-0.2, 0) is 0 Å². The van der Waals surface area contributed by atoms with Crippen LogP contribution in [0.2, 0.25) is 0 Å². The van der Waals surface area contributed by atoms with E-state index in [0.29, 0.717) is 11.8 Å². The van der Waals surface area contributed by atoms with Gasteiger partial charge in [0.15, 0.2) is 0 Å². The summed E-state index contributed by atoms with van der Waals surface area (Å²) in [6, 6.07) is 7.06. The SMILES string of the molecule is CC[C@H]1CC[C@H](C=CC#C[C@H]2CC[C@H](c3ccc(F)cc3)CC2)CC1. The Morgan fingerprint density at radius 3 is 2.28 bits per heavy atom. The monoisotopic (exact) mass is 338 g/mol. The summed E-state index contributed by atoms with van der Waals surface area (Å²) in [5.74, 6) is 9.48. The van der Waals surface area contributed by atoms with E-state index in [0.717, 1.165) is 11.8 Å². The smallest absolute Gasteiger partial charge is 0.123 e. The van der Waals surface area contributed by atoms with E-state index in [2.05, 4.69) is 30.9 Å². The standard InChI is InChI=1S/C24H31F/c1-2-19-7-9-20(10-8-19)5-3-4-6-21-11-13-22(14-12-21)23-15-17-24(25)18-16-23/h3,5,15-22H,2,7-14H2,1H3/t19-,20-,21-,22-. The van der Waals surface area contributed by atoms with Gasteiger partial charge >= 0.3 is 0 Å². The van der Waals surface area contributed by atoms with Crippen LogP contribution in [0.3, 0.4) is 0 Å². The van der Waals surface area contributed by atoms with E-state index < -0.39 is 0 Å². The van der Waals surface area contributed by atoms with Gasteiger partial charge in [-0.05, 0) is 92.9 Å². The summed E-state index contributed by atoms with van der Waals surface area (Å²) in [6.45, 7) is 2.32. The van der Waals surface area contributed by atoms with Crippen molar-refractivity contribution in [2.75, 3.05) is 0 Å². The number of rotatable bonds is 3. The van der Waals surface area contributed by atoms with Crippen LogP contribution in [0.1, 0.15) is 76.2 Å². The van der Waals surface area contributed by atoms with Crippen molar-refractivity contribution in [2.45, 2.75) is 70.6 Å². The summed E-state index contributed by atoms with van der Waals surface area (Å²) in [4.78, 5) is 0. The molecule has 0 aliphatic heterocycles. The summed E-state index contributed by atoms with van der Waals surface area (Å²) in [7, 11) is 0. The first-order valence-electron chi connectivity index (χ1n) is 10.2. The predicted molar refractivity (Wildman–Crippen MR) is 104 cm³/mol. The third-order valence-electron chi connectivity index (χ3n) is 6.28. The van der Waals surface area contributed by atoms with Crippen molar-refractivity contribution in [3.63, 3.8) is 0 Å². The number of benzene rings is 1. The second-order valence-corrected chi connectivity index (χ2v) is 7.94. The van der Waals surface area contributed by atoms with E-state index in [1.54, 1.807) is 12.1 Å². The average Bonchev–Trinajstić information content (AvgIpc) is 2.67. The molecule has 0 radical (unpaired) electrons. The Balaban J connectivity index is 1.41. The topological polar surface area (TPSA) is 0 Å². The van der Waals surface area contributed by atoms with Crippen molar-refractivity contribution in [2.24, 2.45) is 17.8 Å². The molecule has 0 spiro atoms. The lowest BCUT2D eigenvalue weighted by molar-refractivity contribution is 0.304. The Labute approximate surface area is 152 Å². The van der Waals surface area contributed by atoms with Crippen molar-refractivity contribution in [3.05, 3.63) is 47.8 Å². The normalized spacial score (nSPS) is 30.0. The minimum Gasteiger partial charge on any atom is -0.207 e. The number of hydrogen-bond acceptors (Lipinski definition) is 0. The molecule has 0 nitrogen and oxygen atoms in total. The van der Waals surface area contributed by atoms with Crippen LogP contribution in [-0.4, -0.2) is 0 Å². The first kappa shape index (κ1) is 18.2. The summed E-state index contributed by atoms with van der Waals surface area (Å²) >= 11 is 0. The van der Waals surface area contributed by atoms with E-state index in [4.69, 9.17) is 0 Å². The summed E-state index contributed by atoms with van der Waals surface area (Å²) in [5.41, 5.74) is 1.29. The largest absolute Gasteiger partial charge is 0.207 e. The third-order valence-corrected chi connectivity index (χ3v) is 6.28. The molecule has 2 saturated carbocycles. The maximum absolute atomic E-state index is 13.0. The van der Waals surface area contributed by atoms with Gasteiger partial charge in [0.05, 0.1) is 0 Å². The minimum atomic E-state index is -0.140. The fourth-order valence-electron chi connectivity index (χ4n) is 4.45. The second kappa shape index (κ2) is 9.23. The highest BCUT2D eigenvalue weighted by atomic mass is 19.1. The fraction of sp³-hybridized carbons (Fsp3) is 0.583. The van der Waals surface area contributed by atoms with Gasteiger partial charge in [-0.15, -0.1) is 0 Å². The van der Waals surface area contributed by atoms with Gasteiger partial charge in [-0.3, -0.25) is 0 Å². The molecular formula is C24H31F. The quantitative estimate of drug-likeness (QED) is 0.527. The van der Waals surface area contributed by atoms with Crippen LogP contribution in [0.5, 0.6) is 0 Å². The Morgan fingerprint density at radius 2 is 1.64 bits per heavy atom. The molecule has 134 valence electrons. The summed E-state index contributed by atoms with van der Waals surface area (Å²) in [6.07, 6.45) is 16.0. The van der Waals surface area contributed by atoms with Gasteiger partial charge in [0.2, 0.25) is 0 Å². The second-order valence-electron chi connectivity index (χ2n) is 7.94. The molecule has 3 rings (SSSR count). The van der Waals surface area contributed by atoms with E-state index in [9.17, 15) is 4.39 Å². The van der Waals surface area contributed by atoms with Crippen LogP contribution in [0.4, 0.5) is 4.39 Å². The lowest BCUT2D eigenvalue weighted by Crippen LogP contribution is -2.12. The summed E-state index contributed by atoms with van der Waals surface area (Å²) < 4.78 is 13.0. The molecule has 1 heteroatoms. The van der Waals surface area contributed by atoms with E-state index in [1.807, 2.05) is 12.1 Å². The van der Waals surface area contributed by atoms with E-state index in [1.165, 1.54) is 63.4 Å². The van der Waals surface area contributed by atoms with Crippen LogP contribution >= 0.6 is 0 Å². The molecule has 0 aromatic heterocycles. The van der Waals surface area contributed by atoms with Crippen LogP contribution in [0.15, 0.2) is 36.4 Å². The lowest BCUT2D eigenvalue weighted by Gasteiger charge is -2.26. The van der Waals surface area contributed by atoms with Gasteiger partial charge in [-0.2, -0.15) is 0 Å². The van der Waals surface area contributed by atoms with Crippen molar-refractivity contribution in [1.82, 2.24) is 0 Å². The Hall–Kier alpha value is -1.55. The Bertz CT molecular complexity index is 600. The van der Waals surface area contributed by atoms with Crippen LogP contribution in [0.25, 0.3) is 0 Å². The highest BCUT2D eigenvalue weighted by Gasteiger charge is 2.21. The molecule has 2 fully saturated rings. The lowest BCUT2D eigenvalue weighted by atomic mass is 9.79. The Kier molecular flexibility index (Phi) is 6.74. The maximum Gasteiger partial charge on any atom is 0.123 e. The number of halogens is 1. The van der Waals surface area contributed by atoms with Gasteiger partial charge in [-0.1, -0.05) is 43.4 Å². The van der Waals surface area contributed by atoms with Crippen molar-refractivity contribution >= 4 is 0 Å². The van der Waals surface area contributed by atoms with E-state index in [-0.39, 0.29) is 5.82 Å². The van der Waals surface area contributed by atoms with Crippen molar-refractivity contribution in [3.8, 4) is 11.8 Å². The zero-order valence-electron chi connectivity index (χ0n) is 15.5. The third kappa shape index (κ3) is 5.46. The zero-order chi connectivity index (χ0) is 17.5. The molecule has 2 aliphatic rings. The Morgan fingerprint density at radius 1 is 0.960 bits per heavy atom. The molecule has 0 heterocycles. The first-order chi connectivity index (χ1) is 12.2. The van der Waals surface area contributed by atoms with Crippen LogP contribution in [0, 0.1) is 35.4 Å². The zero-order valence-corrected chi connectivity index (χ0v) is 15.5. The van der Waals surface area contributed by atoms with E-state index >= 15 is 0 Å². The fourth-order valence-corrected chi connectivity index (χ4v) is 4.45. The predicted octanol–water partition coefficient (Wildman–Crippen LogP) is 6.88. The summed E-state index contributed by atoms with van der Waals surface area (Å²) in [5, 5.41) is 0. The van der Waals surface area contributed by atoms with Crippen molar-refractivity contribution in [1.29, 1.82) is 0 Å². The minimum absolute atomic E-state index is 0.140. The molecule has 0 unspecified atom stereocenters. The molecule has 0 amide bonds. The molecule has 0 bridgehead atoms. The molecule has 25 heavy (non-hydrogen) atoms. The highest BCUT2D eigenvalue weighted by molar-refractivity contribution is 5.23. The van der Waals surface area contributed by atoms with Gasteiger partial charge < -0.3 is 0 Å². The van der Waals surface area contributed by atoms with Crippen LogP contribution < -0.4 is 0 Å². The van der Waals surface area contributed by atoms with Gasteiger partial charge in [0.25, 0.3) is 0 Å². The average molecular weight is 339 g/mol. The number of allylic oxidation sites excluding steroid dienone is 2. The molecule has 0 atom stereocenters. The number of hydrogen-bond donors (Lipinski definition) is 0. The molecule has 2 aliphatic carbocycles. The van der Waals surface area contributed by atoms with Crippen molar-refractivity contribution < 1.29 is 4.39 Å². The molecule has 0 N–H and O–H groups in total. The maximum atomic E-state index is 13.0. The highest BCUT2D eigenvalue weighted by Crippen LogP contribution is 2.35. The van der Waals surface area contributed by atoms with Gasteiger partial charge in [-0.25, -0.2) is 4.39 Å².